The van der Waals surface area contributed by atoms with E-state index in [4.69, 9.17) is 26.1 Å². The maximum atomic E-state index is 5.76. The number of benzene rings is 2. The fourth-order valence-electron chi connectivity index (χ4n) is 4.07. The Morgan fingerprint density at radius 1 is 1.17 bits per heavy atom. The lowest BCUT2D eigenvalue weighted by molar-refractivity contribution is -0.941. The number of aromatic nitrogens is 2. The Hall–Kier alpha value is -2.64. The highest BCUT2D eigenvalue weighted by Crippen LogP contribution is 2.31. The average molecular weight is 413 g/mol. The summed E-state index contributed by atoms with van der Waals surface area (Å²) in [4.78, 5) is 1.83. The Morgan fingerprint density at radius 2 is 2.00 bits per heavy atom. The van der Waals surface area contributed by atoms with E-state index in [1.165, 1.54) is 10.5 Å². The first-order chi connectivity index (χ1) is 14.2. The van der Waals surface area contributed by atoms with Gasteiger partial charge >= 0.3 is 0 Å². The van der Waals surface area contributed by atoms with E-state index in [0.29, 0.717) is 29.9 Å². The monoisotopic (exact) mass is 412 g/mol. The summed E-state index contributed by atoms with van der Waals surface area (Å²) in [5.74, 6) is 2.31. The third kappa shape index (κ3) is 4.36. The molecule has 0 spiro atoms. The second kappa shape index (κ2) is 8.80. The van der Waals surface area contributed by atoms with Crippen molar-refractivity contribution in [2.75, 3.05) is 20.8 Å². The summed E-state index contributed by atoms with van der Waals surface area (Å²) in [7, 11) is 3.37. The molecule has 2 heterocycles. The lowest BCUT2D eigenvalue weighted by atomic mass is 10.0. The van der Waals surface area contributed by atoms with Crippen LogP contribution in [0, 0.1) is 4.84 Å². The summed E-state index contributed by atoms with van der Waals surface area (Å²) in [6, 6.07) is 16.5. The zero-order valence-corrected chi connectivity index (χ0v) is 17.6. The third-order valence-electron chi connectivity index (χ3n) is 5.50. The SMILES string of the molecule is COc1ccc([C@@H]2CCC[NH+]2Cn2nc(Cc3ccccc3)oc2=S)c(OC)c1. The molecule has 0 bridgehead atoms. The highest BCUT2D eigenvalue weighted by molar-refractivity contribution is 7.71. The molecule has 0 radical (unpaired) electrons. The Balaban J connectivity index is 1.53. The van der Waals surface area contributed by atoms with Crippen LogP contribution >= 0.6 is 12.2 Å². The van der Waals surface area contributed by atoms with Crippen molar-refractivity contribution in [2.24, 2.45) is 0 Å². The Morgan fingerprint density at radius 3 is 2.76 bits per heavy atom. The fourth-order valence-corrected chi connectivity index (χ4v) is 4.27. The minimum atomic E-state index is 0.326. The molecule has 0 saturated carbocycles. The number of hydrogen-bond acceptors (Lipinski definition) is 5. The molecular formula is C22H26N3O3S+. The van der Waals surface area contributed by atoms with Gasteiger partial charge in [-0.05, 0) is 29.9 Å². The van der Waals surface area contributed by atoms with Crippen LogP contribution in [0.5, 0.6) is 11.5 Å². The van der Waals surface area contributed by atoms with Gasteiger partial charge in [0.1, 0.15) is 17.5 Å². The van der Waals surface area contributed by atoms with E-state index in [0.717, 1.165) is 36.4 Å². The van der Waals surface area contributed by atoms with E-state index in [1.807, 2.05) is 35.0 Å². The molecule has 3 aromatic rings. The van der Waals surface area contributed by atoms with E-state index in [9.17, 15) is 0 Å². The number of ether oxygens (including phenoxy) is 2. The van der Waals surface area contributed by atoms with Crippen LogP contribution in [0.15, 0.2) is 52.9 Å². The molecule has 2 aromatic carbocycles. The molecule has 0 amide bonds. The van der Waals surface area contributed by atoms with Crippen molar-refractivity contribution < 1.29 is 18.8 Å². The van der Waals surface area contributed by atoms with Gasteiger partial charge in [-0.15, -0.1) is 5.10 Å². The van der Waals surface area contributed by atoms with Crippen LogP contribution in [0.25, 0.3) is 0 Å². The number of likely N-dealkylation sites (tertiary alicyclic amines) is 1. The Labute approximate surface area is 175 Å². The molecule has 29 heavy (non-hydrogen) atoms. The summed E-state index contributed by atoms with van der Waals surface area (Å²) in [6.07, 6.45) is 2.89. The van der Waals surface area contributed by atoms with Gasteiger partial charge in [-0.1, -0.05) is 30.3 Å². The molecule has 7 heteroatoms. The summed E-state index contributed by atoms with van der Waals surface area (Å²) < 4.78 is 18.5. The minimum Gasteiger partial charge on any atom is -0.497 e. The van der Waals surface area contributed by atoms with Gasteiger partial charge < -0.3 is 18.8 Å². The van der Waals surface area contributed by atoms with Crippen LogP contribution in [-0.4, -0.2) is 30.5 Å². The number of rotatable bonds is 7. The standard InChI is InChI=1S/C22H25N3O3S/c1-26-17-10-11-18(20(14-17)27-2)19-9-6-12-24(19)15-25-22(29)28-21(23-25)13-16-7-4-3-5-8-16/h3-5,7-8,10-11,14,19H,6,9,12-13,15H2,1-2H3/p+1/t19-/m0/s1. The molecule has 1 saturated heterocycles. The van der Waals surface area contributed by atoms with Crippen LogP contribution in [0.3, 0.4) is 0 Å². The van der Waals surface area contributed by atoms with Crippen LogP contribution < -0.4 is 14.4 Å². The lowest BCUT2D eigenvalue weighted by Gasteiger charge is -2.23. The van der Waals surface area contributed by atoms with Gasteiger partial charge in [0.2, 0.25) is 5.89 Å². The first-order valence-electron chi connectivity index (χ1n) is 9.85. The normalized spacial score (nSPS) is 18.7. The molecule has 4 rings (SSSR count). The summed E-state index contributed by atoms with van der Waals surface area (Å²) in [5, 5.41) is 4.64. The summed E-state index contributed by atoms with van der Waals surface area (Å²) in [5.41, 5.74) is 2.35. The van der Waals surface area contributed by atoms with Crippen LogP contribution in [0.1, 0.15) is 35.9 Å². The van der Waals surface area contributed by atoms with Crippen molar-refractivity contribution in [3.05, 3.63) is 70.4 Å². The minimum absolute atomic E-state index is 0.326. The van der Waals surface area contributed by atoms with E-state index in [1.54, 1.807) is 14.2 Å². The van der Waals surface area contributed by atoms with Crippen LogP contribution in [-0.2, 0) is 13.1 Å². The van der Waals surface area contributed by atoms with E-state index in [2.05, 4.69) is 23.3 Å². The Bertz CT molecular complexity index is 1020. The predicted molar refractivity (Wildman–Crippen MR) is 112 cm³/mol. The van der Waals surface area contributed by atoms with Crippen molar-refractivity contribution in [3.8, 4) is 11.5 Å². The maximum absolute atomic E-state index is 5.76. The van der Waals surface area contributed by atoms with Crippen molar-refractivity contribution in [2.45, 2.75) is 32.0 Å². The van der Waals surface area contributed by atoms with Crippen LogP contribution in [0.2, 0.25) is 0 Å². The zero-order chi connectivity index (χ0) is 20.2. The zero-order valence-electron chi connectivity index (χ0n) is 16.8. The Kier molecular flexibility index (Phi) is 5.97. The number of nitrogens with zero attached hydrogens (tertiary/aromatic N) is 2. The molecule has 6 nitrogen and oxygen atoms in total. The molecule has 1 aliphatic rings. The highest BCUT2D eigenvalue weighted by Gasteiger charge is 2.33. The average Bonchev–Trinajstić information content (AvgIpc) is 3.34. The molecule has 1 N–H and O–H groups in total. The van der Waals surface area contributed by atoms with Gasteiger partial charge in [-0.2, -0.15) is 4.68 Å². The molecular weight excluding hydrogens is 386 g/mol. The van der Waals surface area contributed by atoms with Crippen molar-refractivity contribution in [1.82, 2.24) is 9.78 Å². The van der Waals surface area contributed by atoms with Gasteiger partial charge in [0, 0.05) is 18.9 Å². The molecule has 152 valence electrons. The second-order valence-corrected chi connectivity index (χ2v) is 7.64. The number of hydrogen-bond donors (Lipinski definition) is 1. The third-order valence-corrected chi connectivity index (χ3v) is 5.79. The number of methoxy groups -OCH3 is 2. The van der Waals surface area contributed by atoms with Gasteiger partial charge in [-0.3, -0.25) is 0 Å². The van der Waals surface area contributed by atoms with Crippen molar-refractivity contribution in [3.63, 3.8) is 0 Å². The van der Waals surface area contributed by atoms with E-state index in [-0.39, 0.29) is 0 Å². The van der Waals surface area contributed by atoms with Crippen LogP contribution in [0.4, 0.5) is 0 Å². The fraction of sp³-hybridized carbons (Fsp3) is 0.364. The summed E-state index contributed by atoms with van der Waals surface area (Å²) in [6.45, 7) is 1.74. The number of nitrogens with one attached hydrogen (secondary N) is 1. The first-order valence-corrected chi connectivity index (χ1v) is 10.3. The molecule has 1 aromatic heterocycles. The van der Waals surface area contributed by atoms with E-state index < -0.39 is 0 Å². The lowest BCUT2D eigenvalue weighted by Crippen LogP contribution is -3.09. The second-order valence-electron chi connectivity index (χ2n) is 7.29. The molecule has 0 aliphatic carbocycles. The van der Waals surface area contributed by atoms with Gasteiger partial charge in [0.15, 0.2) is 6.67 Å². The maximum Gasteiger partial charge on any atom is 0.291 e. The smallest absolute Gasteiger partial charge is 0.291 e. The summed E-state index contributed by atoms with van der Waals surface area (Å²) >= 11 is 5.44. The predicted octanol–water partition coefficient (Wildman–Crippen LogP) is 3.19. The number of quaternary nitrogens is 1. The van der Waals surface area contributed by atoms with E-state index >= 15 is 0 Å². The largest absolute Gasteiger partial charge is 0.497 e. The topological polar surface area (TPSA) is 53.9 Å². The van der Waals surface area contributed by atoms with Crippen molar-refractivity contribution in [1.29, 1.82) is 0 Å². The molecule has 1 aliphatic heterocycles. The van der Waals surface area contributed by atoms with Gasteiger partial charge in [0.05, 0.1) is 32.7 Å². The van der Waals surface area contributed by atoms with Crippen molar-refractivity contribution >= 4 is 12.2 Å². The quantitative estimate of drug-likeness (QED) is 0.604. The molecule has 1 unspecified atom stereocenters. The molecule has 2 atom stereocenters. The van der Waals surface area contributed by atoms with Gasteiger partial charge in [0.25, 0.3) is 4.84 Å². The highest BCUT2D eigenvalue weighted by atomic mass is 32.1. The first kappa shape index (κ1) is 19.7. The van der Waals surface area contributed by atoms with Gasteiger partial charge in [-0.25, -0.2) is 0 Å². The molecule has 1 fully saturated rings.